The Morgan fingerprint density at radius 1 is 1.28 bits per heavy atom. The molecule has 1 heterocycles. The zero-order valence-electron chi connectivity index (χ0n) is 13.9. The normalized spacial score (nSPS) is 16.0. The average molecular weight is 505 g/mol. The van der Waals surface area contributed by atoms with Crippen molar-refractivity contribution >= 4 is 67.6 Å². The van der Waals surface area contributed by atoms with Crippen LogP contribution in [-0.4, -0.2) is 20.3 Å². The number of hydrogen-bond donors (Lipinski definition) is 1. The fourth-order valence-corrected chi connectivity index (χ4v) is 4.24. The van der Waals surface area contributed by atoms with E-state index in [1.807, 2.05) is 0 Å². The van der Waals surface area contributed by atoms with E-state index in [2.05, 4.69) is 15.9 Å². The summed E-state index contributed by atoms with van der Waals surface area (Å²) in [6, 6.07) is 6.66. The van der Waals surface area contributed by atoms with Gasteiger partial charge in [-0.1, -0.05) is 18.3 Å². The molecule has 1 saturated heterocycles. The fraction of sp³-hybridized carbons (Fsp3) is 0.0588. The van der Waals surface area contributed by atoms with Crippen LogP contribution in [0.3, 0.4) is 0 Å². The number of nitrogens with zero attached hydrogens (tertiary/aromatic N) is 2. The van der Waals surface area contributed by atoms with Gasteiger partial charge in [0.25, 0.3) is 5.24 Å². The smallest absolute Gasteiger partial charge is 0.416 e. The summed E-state index contributed by atoms with van der Waals surface area (Å²) in [6.45, 7) is 0. The molecule has 2 aromatic rings. The summed E-state index contributed by atoms with van der Waals surface area (Å²) < 4.78 is 38.9. The highest BCUT2D eigenvalue weighted by molar-refractivity contribution is 9.10. The molecule has 0 atom stereocenters. The van der Waals surface area contributed by atoms with E-state index in [0.717, 1.165) is 23.1 Å². The van der Waals surface area contributed by atoms with Crippen molar-refractivity contribution in [3.63, 3.8) is 0 Å². The van der Waals surface area contributed by atoms with Crippen LogP contribution in [0.15, 0.2) is 45.8 Å². The zero-order valence-corrected chi connectivity index (χ0v) is 17.2. The molecule has 0 spiro atoms. The highest BCUT2D eigenvalue weighted by Gasteiger charge is 2.36. The summed E-state index contributed by atoms with van der Waals surface area (Å²) in [5.74, 6) is -0.555. The molecule has 0 aliphatic carbocycles. The first-order valence-electron chi connectivity index (χ1n) is 7.61. The van der Waals surface area contributed by atoms with Crippen molar-refractivity contribution in [2.24, 2.45) is 0 Å². The molecule has 1 aliphatic heterocycles. The molecular weight excluding hydrogens is 497 g/mol. The summed E-state index contributed by atoms with van der Waals surface area (Å²) in [4.78, 5) is 23.8. The largest absolute Gasteiger partial charge is 0.501 e. The van der Waals surface area contributed by atoms with Gasteiger partial charge in [-0.25, -0.2) is 0 Å². The molecule has 1 amide bonds. The van der Waals surface area contributed by atoms with Gasteiger partial charge >= 0.3 is 11.9 Å². The molecule has 1 aliphatic rings. The SMILES string of the molecule is O=C1SC(=Cc2cc(Br)c(O)c([N+](=O)[O-])c2)C(=S)N1c1cccc(C(F)(F)F)c1. The Morgan fingerprint density at radius 3 is 2.59 bits per heavy atom. The Kier molecular flexibility index (Phi) is 5.70. The number of thioether (sulfide) groups is 1. The Bertz CT molecular complexity index is 1090. The Hall–Kier alpha value is -2.44. The van der Waals surface area contributed by atoms with E-state index < -0.39 is 33.3 Å². The van der Waals surface area contributed by atoms with Gasteiger partial charge in [0.1, 0.15) is 4.99 Å². The van der Waals surface area contributed by atoms with Gasteiger partial charge in [0.2, 0.25) is 5.75 Å². The second-order valence-corrected chi connectivity index (χ2v) is 7.93. The summed E-state index contributed by atoms with van der Waals surface area (Å²) in [5, 5.41) is 20.2. The van der Waals surface area contributed by atoms with E-state index in [1.165, 1.54) is 24.3 Å². The van der Waals surface area contributed by atoms with Crippen LogP contribution in [0.4, 0.5) is 29.3 Å². The number of phenols is 1. The summed E-state index contributed by atoms with van der Waals surface area (Å²) >= 11 is 8.94. The molecule has 0 aromatic heterocycles. The predicted octanol–water partition coefficient (Wildman–Crippen LogP) is 6.12. The standard InChI is InChI=1S/C17H8BrF3N2O4S2/c18-11-4-8(5-12(14(11)24)23(26)27)6-13-15(28)22(16(25)29-13)10-3-1-2-9(7-10)17(19,20)21/h1-7,24H. The molecule has 0 unspecified atom stereocenters. The molecule has 29 heavy (non-hydrogen) atoms. The number of amides is 1. The number of hydrogen-bond acceptors (Lipinski definition) is 6. The van der Waals surface area contributed by atoms with Gasteiger partial charge in [-0.15, -0.1) is 0 Å². The van der Waals surface area contributed by atoms with Crippen molar-refractivity contribution in [1.29, 1.82) is 0 Å². The van der Waals surface area contributed by atoms with Crippen LogP contribution in [0, 0.1) is 10.1 Å². The van der Waals surface area contributed by atoms with Gasteiger partial charge in [0, 0.05) is 6.07 Å². The number of carbonyl (C=O) groups is 1. The third-order valence-corrected chi connectivity index (χ3v) is 5.81. The van der Waals surface area contributed by atoms with Crippen LogP contribution in [0.2, 0.25) is 0 Å². The monoisotopic (exact) mass is 504 g/mol. The van der Waals surface area contributed by atoms with Crippen LogP contribution < -0.4 is 4.90 Å². The molecule has 0 bridgehead atoms. The molecular formula is C17H8BrF3N2O4S2. The maximum Gasteiger partial charge on any atom is 0.416 e. The van der Waals surface area contributed by atoms with E-state index in [-0.39, 0.29) is 25.6 Å². The lowest BCUT2D eigenvalue weighted by Gasteiger charge is -2.16. The second-order valence-electron chi connectivity index (χ2n) is 5.69. The minimum atomic E-state index is -4.58. The van der Waals surface area contributed by atoms with E-state index in [1.54, 1.807) is 0 Å². The number of anilines is 1. The topological polar surface area (TPSA) is 83.7 Å². The molecule has 12 heteroatoms. The van der Waals surface area contributed by atoms with Crippen molar-refractivity contribution in [2.45, 2.75) is 6.18 Å². The van der Waals surface area contributed by atoms with E-state index in [9.17, 15) is 33.2 Å². The van der Waals surface area contributed by atoms with E-state index >= 15 is 0 Å². The molecule has 3 rings (SSSR count). The van der Waals surface area contributed by atoms with Crippen molar-refractivity contribution < 1.29 is 28.0 Å². The van der Waals surface area contributed by atoms with Crippen LogP contribution in [-0.2, 0) is 6.18 Å². The summed E-state index contributed by atoms with van der Waals surface area (Å²) in [6.07, 6.45) is -3.20. The summed E-state index contributed by atoms with van der Waals surface area (Å²) in [5.41, 5.74) is -1.25. The van der Waals surface area contributed by atoms with Crippen LogP contribution in [0.5, 0.6) is 5.75 Å². The lowest BCUT2D eigenvalue weighted by Crippen LogP contribution is -2.26. The molecule has 1 fully saturated rings. The van der Waals surface area contributed by atoms with Gasteiger partial charge < -0.3 is 5.11 Å². The van der Waals surface area contributed by atoms with Gasteiger partial charge in [0.05, 0.1) is 25.6 Å². The first-order chi connectivity index (χ1) is 13.5. The lowest BCUT2D eigenvalue weighted by molar-refractivity contribution is -0.386. The Morgan fingerprint density at radius 2 is 1.97 bits per heavy atom. The third-order valence-electron chi connectivity index (χ3n) is 3.79. The van der Waals surface area contributed by atoms with Gasteiger partial charge in [-0.2, -0.15) is 13.2 Å². The second kappa shape index (κ2) is 7.76. The zero-order chi connectivity index (χ0) is 21.5. The Balaban J connectivity index is 1.99. The minimum absolute atomic E-state index is 0.0359. The maximum absolute atomic E-state index is 13.0. The number of benzene rings is 2. The van der Waals surface area contributed by atoms with Crippen molar-refractivity contribution in [3.8, 4) is 5.75 Å². The number of aromatic hydroxyl groups is 1. The molecule has 1 N–H and O–H groups in total. The van der Waals surface area contributed by atoms with Crippen molar-refractivity contribution in [1.82, 2.24) is 0 Å². The number of halogens is 4. The van der Waals surface area contributed by atoms with Gasteiger partial charge in [0.15, 0.2) is 0 Å². The Labute approximate surface area is 179 Å². The number of thiocarbonyl (C=S) groups is 1. The fourth-order valence-electron chi connectivity index (χ4n) is 2.49. The highest BCUT2D eigenvalue weighted by atomic mass is 79.9. The van der Waals surface area contributed by atoms with E-state index in [0.29, 0.717) is 11.8 Å². The molecule has 150 valence electrons. The molecule has 0 saturated carbocycles. The number of nitro benzene ring substituents is 1. The molecule has 0 radical (unpaired) electrons. The van der Waals surface area contributed by atoms with Gasteiger partial charge in [-0.05, 0) is 63.6 Å². The molecule has 2 aromatic carbocycles. The highest BCUT2D eigenvalue weighted by Crippen LogP contribution is 2.40. The number of nitro groups is 1. The molecule has 6 nitrogen and oxygen atoms in total. The number of carbonyl (C=O) groups excluding carboxylic acids is 1. The lowest BCUT2D eigenvalue weighted by atomic mass is 10.1. The minimum Gasteiger partial charge on any atom is -0.501 e. The van der Waals surface area contributed by atoms with Crippen LogP contribution in [0.1, 0.15) is 11.1 Å². The maximum atomic E-state index is 13.0. The predicted molar refractivity (Wildman–Crippen MR) is 110 cm³/mol. The first kappa shape index (κ1) is 21.3. The number of rotatable bonds is 3. The van der Waals surface area contributed by atoms with Crippen LogP contribution >= 0.6 is 39.9 Å². The quantitative estimate of drug-likeness (QED) is 0.234. The van der Waals surface area contributed by atoms with Crippen molar-refractivity contribution in [2.75, 3.05) is 4.90 Å². The first-order valence-corrected chi connectivity index (χ1v) is 9.63. The van der Waals surface area contributed by atoms with Crippen LogP contribution in [0.25, 0.3) is 6.08 Å². The van der Waals surface area contributed by atoms with E-state index in [4.69, 9.17) is 12.2 Å². The third kappa shape index (κ3) is 4.28. The van der Waals surface area contributed by atoms with Crippen molar-refractivity contribution in [3.05, 3.63) is 67.0 Å². The average Bonchev–Trinajstić information content (AvgIpc) is 2.90. The number of alkyl halides is 3. The number of phenolic OH excluding ortho intramolecular Hbond substituents is 1. The van der Waals surface area contributed by atoms with Gasteiger partial charge in [-0.3, -0.25) is 19.8 Å². The summed E-state index contributed by atoms with van der Waals surface area (Å²) in [7, 11) is 0.